The van der Waals surface area contributed by atoms with Crippen LogP contribution in [-0.4, -0.2) is 64.7 Å². The van der Waals surface area contributed by atoms with Crippen LogP contribution in [0.2, 0.25) is 0 Å². The number of carboxylic acid groups (broad SMARTS) is 1. The molecule has 0 heterocycles. The Morgan fingerprint density at radius 3 is 2.13 bits per heavy atom. The lowest BCUT2D eigenvalue weighted by Crippen LogP contribution is -2.59. The molecule has 7 N–H and O–H groups in total. The van der Waals surface area contributed by atoms with Gasteiger partial charge in [-0.05, 0) is 18.4 Å². The first-order chi connectivity index (χ1) is 14.6. The summed E-state index contributed by atoms with van der Waals surface area (Å²) in [6.45, 7) is 4.37. The Morgan fingerprint density at radius 2 is 1.61 bits per heavy atom. The summed E-state index contributed by atoms with van der Waals surface area (Å²) in [7, 11) is 0. The van der Waals surface area contributed by atoms with Gasteiger partial charge in [0.15, 0.2) is 0 Å². The van der Waals surface area contributed by atoms with Crippen LogP contribution in [0.15, 0.2) is 30.3 Å². The Hall–Kier alpha value is -2.98. The number of aliphatic hydroxyl groups excluding tert-OH is 1. The number of benzene rings is 1. The lowest BCUT2D eigenvalue weighted by molar-refractivity contribution is -0.139. The van der Waals surface area contributed by atoms with Crippen molar-refractivity contribution in [3.05, 3.63) is 35.9 Å². The molecule has 0 fully saturated rings. The highest BCUT2D eigenvalue weighted by Crippen LogP contribution is 2.10. The maximum absolute atomic E-state index is 13.0. The van der Waals surface area contributed by atoms with Crippen molar-refractivity contribution in [2.45, 2.75) is 57.8 Å². The van der Waals surface area contributed by atoms with Crippen molar-refractivity contribution in [3.8, 4) is 0 Å². The SMILES string of the molecule is CCC(C)C(NC(=O)C(Cc1ccccc1)NC(=O)C(N)C(C)O)C(=O)NCC(=O)O. The van der Waals surface area contributed by atoms with E-state index in [9.17, 15) is 24.3 Å². The van der Waals surface area contributed by atoms with E-state index in [1.165, 1.54) is 6.92 Å². The van der Waals surface area contributed by atoms with Crippen molar-refractivity contribution in [1.82, 2.24) is 16.0 Å². The van der Waals surface area contributed by atoms with E-state index >= 15 is 0 Å². The Labute approximate surface area is 181 Å². The molecule has 0 saturated carbocycles. The second kappa shape index (κ2) is 12.7. The van der Waals surface area contributed by atoms with E-state index in [4.69, 9.17) is 10.8 Å². The van der Waals surface area contributed by atoms with Gasteiger partial charge in [-0.3, -0.25) is 19.2 Å². The number of amides is 3. The van der Waals surface area contributed by atoms with Crippen LogP contribution in [0.5, 0.6) is 0 Å². The highest BCUT2D eigenvalue weighted by molar-refractivity contribution is 5.94. The molecule has 0 bridgehead atoms. The summed E-state index contributed by atoms with van der Waals surface area (Å²) in [6, 6.07) is 5.68. The molecule has 0 radical (unpaired) electrons. The molecule has 1 aromatic rings. The molecule has 10 heteroatoms. The molecule has 1 aromatic carbocycles. The van der Waals surface area contributed by atoms with Crippen molar-refractivity contribution in [2.24, 2.45) is 11.7 Å². The quantitative estimate of drug-likeness (QED) is 0.248. The molecule has 1 rings (SSSR count). The number of nitrogens with one attached hydrogen (secondary N) is 3. The van der Waals surface area contributed by atoms with Gasteiger partial charge < -0.3 is 31.9 Å². The van der Waals surface area contributed by atoms with Crippen LogP contribution < -0.4 is 21.7 Å². The van der Waals surface area contributed by atoms with Crippen LogP contribution in [-0.2, 0) is 25.6 Å². The van der Waals surface area contributed by atoms with Gasteiger partial charge in [0, 0.05) is 6.42 Å². The zero-order chi connectivity index (χ0) is 23.6. The van der Waals surface area contributed by atoms with Gasteiger partial charge in [-0.25, -0.2) is 0 Å². The summed E-state index contributed by atoms with van der Waals surface area (Å²) in [5.41, 5.74) is 6.44. The Kier molecular flexibility index (Phi) is 10.6. The van der Waals surface area contributed by atoms with Gasteiger partial charge in [-0.1, -0.05) is 50.6 Å². The standard InChI is InChI=1S/C21H32N4O6/c1-4-12(2)18(21(31)23-11-16(27)28)25-19(29)15(10-14-8-6-5-7-9-14)24-20(30)17(22)13(3)26/h5-9,12-13,15,17-18,26H,4,10-11,22H2,1-3H3,(H,23,31)(H,24,30)(H,25,29)(H,27,28). The molecule has 0 aromatic heterocycles. The van der Waals surface area contributed by atoms with E-state index in [-0.39, 0.29) is 12.3 Å². The number of nitrogens with two attached hydrogens (primary N) is 1. The Bertz CT molecular complexity index is 755. The van der Waals surface area contributed by atoms with Crippen molar-refractivity contribution in [3.63, 3.8) is 0 Å². The fourth-order valence-electron chi connectivity index (χ4n) is 2.77. The summed E-state index contributed by atoms with van der Waals surface area (Å²) in [5, 5.41) is 25.8. The fraction of sp³-hybridized carbons (Fsp3) is 0.524. The molecule has 10 nitrogen and oxygen atoms in total. The average Bonchev–Trinajstić information content (AvgIpc) is 2.74. The molecule has 5 unspecified atom stereocenters. The number of carbonyl (C=O) groups is 4. The van der Waals surface area contributed by atoms with Gasteiger partial charge >= 0.3 is 5.97 Å². The molecule has 5 atom stereocenters. The van der Waals surface area contributed by atoms with Crippen LogP contribution in [0.3, 0.4) is 0 Å². The minimum absolute atomic E-state index is 0.134. The second-order valence-electron chi connectivity index (χ2n) is 7.50. The van der Waals surface area contributed by atoms with Crippen LogP contribution in [0.1, 0.15) is 32.8 Å². The molecular weight excluding hydrogens is 404 g/mol. The third-order valence-electron chi connectivity index (χ3n) is 4.95. The largest absolute Gasteiger partial charge is 0.480 e. The highest BCUT2D eigenvalue weighted by Gasteiger charge is 2.31. The number of hydrogen-bond acceptors (Lipinski definition) is 6. The molecule has 0 aliphatic heterocycles. The number of hydrogen-bond donors (Lipinski definition) is 6. The van der Waals surface area contributed by atoms with Gasteiger partial charge in [0.25, 0.3) is 0 Å². The minimum atomic E-state index is -1.23. The zero-order valence-corrected chi connectivity index (χ0v) is 18.0. The first-order valence-electron chi connectivity index (χ1n) is 10.1. The summed E-state index contributed by atoms with van der Waals surface area (Å²) >= 11 is 0. The first-order valence-corrected chi connectivity index (χ1v) is 10.1. The minimum Gasteiger partial charge on any atom is -0.480 e. The number of carboxylic acids is 1. The predicted molar refractivity (Wildman–Crippen MR) is 114 cm³/mol. The fourth-order valence-corrected chi connectivity index (χ4v) is 2.77. The molecule has 0 spiro atoms. The maximum atomic E-state index is 13.0. The maximum Gasteiger partial charge on any atom is 0.322 e. The molecule has 3 amide bonds. The lowest BCUT2D eigenvalue weighted by Gasteiger charge is -2.27. The number of carbonyl (C=O) groups excluding carboxylic acids is 3. The van der Waals surface area contributed by atoms with Crippen molar-refractivity contribution in [2.75, 3.05) is 6.54 Å². The molecule has 31 heavy (non-hydrogen) atoms. The van der Waals surface area contributed by atoms with Crippen LogP contribution >= 0.6 is 0 Å². The zero-order valence-electron chi connectivity index (χ0n) is 18.0. The molecule has 172 valence electrons. The normalized spacial score (nSPS) is 15.6. The summed E-state index contributed by atoms with van der Waals surface area (Å²) in [4.78, 5) is 48.6. The van der Waals surface area contributed by atoms with E-state index in [0.29, 0.717) is 6.42 Å². The van der Waals surface area contributed by atoms with E-state index in [1.54, 1.807) is 31.2 Å². The monoisotopic (exact) mass is 436 g/mol. The van der Waals surface area contributed by atoms with Gasteiger partial charge in [0.05, 0.1) is 6.10 Å². The smallest absolute Gasteiger partial charge is 0.322 e. The van der Waals surface area contributed by atoms with E-state index in [0.717, 1.165) is 5.56 Å². The topological polar surface area (TPSA) is 171 Å². The number of aliphatic carboxylic acids is 1. The summed E-state index contributed by atoms with van der Waals surface area (Å²) < 4.78 is 0. The van der Waals surface area contributed by atoms with Crippen molar-refractivity contribution < 1.29 is 29.4 Å². The second-order valence-corrected chi connectivity index (χ2v) is 7.50. The average molecular weight is 437 g/mol. The molecule has 0 aliphatic carbocycles. The third-order valence-corrected chi connectivity index (χ3v) is 4.95. The van der Waals surface area contributed by atoms with E-state index in [2.05, 4.69) is 16.0 Å². The molecule has 0 aliphatic rings. The van der Waals surface area contributed by atoms with Gasteiger partial charge in [-0.2, -0.15) is 0 Å². The number of rotatable bonds is 12. The van der Waals surface area contributed by atoms with Crippen LogP contribution in [0, 0.1) is 5.92 Å². The third kappa shape index (κ3) is 8.73. The van der Waals surface area contributed by atoms with E-state index < -0.39 is 54.5 Å². The lowest BCUT2D eigenvalue weighted by atomic mass is 9.97. The van der Waals surface area contributed by atoms with Crippen LogP contribution in [0.25, 0.3) is 0 Å². The van der Waals surface area contributed by atoms with Crippen molar-refractivity contribution >= 4 is 23.7 Å². The van der Waals surface area contributed by atoms with E-state index in [1.807, 2.05) is 13.0 Å². The Balaban J connectivity index is 3.04. The van der Waals surface area contributed by atoms with Gasteiger partial charge in [0.2, 0.25) is 17.7 Å². The molecular formula is C21H32N4O6. The predicted octanol–water partition coefficient (Wildman–Crippen LogP) is -0.846. The van der Waals surface area contributed by atoms with Gasteiger partial charge in [-0.15, -0.1) is 0 Å². The molecule has 0 saturated heterocycles. The summed E-state index contributed by atoms with van der Waals surface area (Å²) in [6.07, 6.45) is -0.432. The van der Waals surface area contributed by atoms with Gasteiger partial charge in [0.1, 0.15) is 24.7 Å². The summed E-state index contributed by atoms with van der Waals surface area (Å²) in [5.74, 6) is -3.45. The van der Waals surface area contributed by atoms with Crippen LogP contribution in [0.4, 0.5) is 0 Å². The number of aliphatic hydroxyl groups is 1. The first kappa shape index (κ1) is 26.1. The Morgan fingerprint density at radius 1 is 1.00 bits per heavy atom. The highest BCUT2D eigenvalue weighted by atomic mass is 16.4. The van der Waals surface area contributed by atoms with Crippen molar-refractivity contribution in [1.29, 1.82) is 0 Å².